The maximum absolute atomic E-state index is 14.9. The van der Waals surface area contributed by atoms with Gasteiger partial charge in [-0.15, -0.1) is 0 Å². The monoisotopic (exact) mass is 544 g/mol. The van der Waals surface area contributed by atoms with E-state index in [4.69, 9.17) is 0 Å². The van der Waals surface area contributed by atoms with E-state index in [0.29, 0.717) is 0 Å². The predicted octanol–water partition coefficient (Wildman–Crippen LogP) is 6.15. The fourth-order valence-electron chi connectivity index (χ4n) is 3.65. The minimum absolute atomic E-state index is 0.00906. The molecule has 0 aliphatic rings. The number of benzene rings is 4. The number of rotatable bonds is 5. The molecular formula is C24H8BF11N2. The van der Waals surface area contributed by atoms with Gasteiger partial charge in [0.05, 0.1) is 11.4 Å². The lowest BCUT2D eigenvalue weighted by molar-refractivity contribution is 0.382. The van der Waals surface area contributed by atoms with E-state index < -0.39 is 92.8 Å². The van der Waals surface area contributed by atoms with Crippen LogP contribution in [0.2, 0.25) is 0 Å². The van der Waals surface area contributed by atoms with E-state index in [1.807, 2.05) is 0 Å². The Morgan fingerprint density at radius 2 is 0.816 bits per heavy atom. The molecule has 4 aromatic rings. The summed E-state index contributed by atoms with van der Waals surface area (Å²) in [5.74, 6) is -26.3. The summed E-state index contributed by atoms with van der Waals surface area (Å²) in [6.45, 7) is -2.80. The van der Waals surface area contributed by atoms with Crippen molar-refractivity contribution in [2.75, 3.05) is 0 Å². The van der Waals surface area contributed by atoms with Crippen molar-refractivity contribution in [2.45, 2.75) is 0 Å². The van der Waals surface area contributed by atoms with E-state index in [1.165, 1.54) is 6.07 Å². The lowest BCUT2D eigenvalue weighted by Crippen LogP contribution is -2.58. The Hall–Kier alpha value is -4.23. The lowest BCUT2D eigenvalue weighted by atomic mass is 9.36. The van der Waals surface area contributed by atoms with Crippen molar-refractivity contribution in [2.24, 2.45) is 10.2 Å². The minimum atomic E-state index is -2.80. The van der Waals surface area contributed by atoms with Gasteiger partial charge in [0.25, 0.3) is 6.71 Å². The summed E-state index contributed by atoms with van der Waals surface area (Å²) >= 11 is 0. The summed E-state index contributed by atoms with van der Waals surface area (Å²) in [5.41, 5.74) is -5.09. The van der Waals surface area contributed by atoms with Crippen LogP contribution in [0.15, 0.2) is 58.8 Å². The Morgan fingerprint density at radius 3 is 1.26 bits per heavy atom. The maximum Gasteiger partial charge on any atom is 0.260 e. The zero-order chi connectivity index (χ0) is 27.9. The highest BCUT2D eigenvalue weighted by molar-refractivity contribution is 6.96. The van der Waals surface area contributed by atoms with Gasteiger partial charge in [-0.25, -0.2) is 48.3 Å². The van der Waals surface area contributed by atoms with Crippen LogP contribution in [-0.2, 0) is 0 Å². The van der Waals surface area contributed by atoms with Gasteiger partial charge in [0.1, 0.15) is 5.82 Å². The molecule has 0 atom stereocenters. The molecule has 0 aliphatic heterocycles. The van der Waals surface area contributed by atoms with Gasteiger partial charge < -0.3 is 0 Å². The van der Waals surface area contributed by atoms with Gasteiger partial charge in [0.15, 0.2) is 58.2 Å². The molecule has 0 aromatic heterocycles. The van der Waals surface area contributed by atoms with Crippen molar-refractivity contribution in [3.63, 3.8) is 0 Å². The molecule has 4 aromatic carbocycles. The Bertz CT molecular complexity index is 1460. The number of halogens is 11. The molecule has 0 N–H and O–H groups in total. The Labute approximate surface area is 206 Å². The molecule has 194 valence electrons. The third kappa shape index (κ3) is 4.50. The fourth-order valence-corrected chi connectivity index (χ4v) is 3.65. The first kappa shape index (κ1) is 26.8. The van der Waals surface area contributed by atoms with E-state index in [-0.39, 0.29) is 5.69 Å². The Balaban J connectivity index is 2.08. The molecule has 0 heterocycles. The van der Waals surface area contributed by atoms with Crippen LogP contribution in [0.1, 0.15) is 0 Å². The molecule has 0 bridgehead atoms. The van der Waals surface area contributed by atoms with Crippen molar-refractivity contribution in [3.05, 3.63) is 113 Å². The average Bonchev–Trinajstić information content (AvgIpc) is 2.92. The molecule has 4 rings (SSSR count). The van der Waals surface area contributed by atoms with Crippen LogP contribution in [0.5, 0.6) is 0 Å². The number of nitrogens with zero attached hydrogens (tertiary/aromatic N) is 2. The van der Waals surface area contributed by atoms with Crippen LogP contribution in [0, 0.1) is 64.0 Å². The summed E-state index contributed by atoms with van der Waals surface area (Å²) in [4.78, 5) is 0. The molecule has 0 saturated heterocycles. The van der Waals surface area contributed by atoms with Crippen molar-refractivity contribution in [1.82, 2.24) is 0 Å². The van der Waals surface area contributed by atoms with E-state index >= 15 is 0 Å². The highest BCUT2D eigenvalue weighted by Gasteiger charge is 2.41. The molecular weight excluding hydrogens is 536 g/mol. The summed E-state index contributed by atoms with van der Waals surface area (Å²) < 4.78 is 156. The number of azo groups is 1. The fraction of sp³-hybridized carbons (Fsp3) is 0. The molecule has 0 fully saturated rings. The van der Waals surface area contributed by atoms with E-state index in [9.17, 15) is 48.3 Å². The van der Waals surface area contributed by atoms with Gasteiger partial charge in [-0.2, -0.15) is 10.2 Å². The van der Waals surface area contributed by atoms with Crippen LogP contribution in [0.4, 0.5) is 59.7 Å². The van der Waals surface area contributed by atoms with Gasteiger partial charge >= 0.3 is 0 Å². The molecule has 0 radical (unpaired) electrons. The van der Waals surface area contributed by atoms with Gasteiger partial charge in [-0.05, 0) is 35.8 Å². The first-order valence-corrected chi connectivity index (χ1v) is 10.2. The zero-order valence-electron chi connectivity index (χ0n) is 18.2. The lowest BCUT2D eigenvalue weighted by Gasteiger charge is -2.21. The quantitative estimate of drug-likeness (QED) is 0.0948. The second-order valence-electron chi connectivity index (χ2n) is 7.64. The van der Waals surface area contributed by atoms with Gasteiger partial charge in [-0.1, -0.05) is 18.2 Å². The van der Waals surface area contributed by atoms with Gasteiger partial charge in [0, 0.05) is 10.9 Å². The van der Waals surface area contributed by atoms with Crippen LogP contribution in [0.25, 0.3) is 0 Å². The largest absolute Gasteiger partial charge is 0.260 e. The molecule has 0 unspecified atom stereocenters. The van der Waals surface area contributed by atoms with Crippen LogP contribution >= 0.6 is 0 Å². The van der Waals surface area contributed by atoms with Crippen LogP contribution in [0.3, 0.4) is 0 Å². The first-order valence-electron chi connectivity index (χ1n) is 10.2. The minimum Gasteiger partial charge on any atom is -0.207 e. The second kappa shape index (κ2) is 10.3. The van der Waals surface area contributed by atoms with E-state index in [0.717, 1.165) is 42.5 Å². The number of hydrogen-bond donors (Lipinski definition) is 0. The van der Waals surface area contributed by atoms with Gasteiger partial charge in [0.2, 0.25) is 0 Å². The smallest absolute Gasteiger partial charge is 0.207 e. The summed E-state index contributed by atoms with van der Waals surface area (Å²) in [6.07, 6.45) is 0. The summed E-state index contributed by atoms with van der Waals surface area (Å²) in [7, 11) is 0. The molecule has 0 amide bonds. The topological polar surface area (TPSA) is 24.7 Å². The third-order valence-corrected chi connectivity index (χ3v) is 5.41. The van der Waals surface area contributed by atoms with Crippen molar-refractivity contribution >= 4 is 34.5 Å². The standard InChI is InChI=1S/C24H8BF11N2/c26-9-5-7-10(8-6-9)37-38-12-4-2-1-3-11(12)25(13-15(27)19(31)23(35)20(32)16(13)28)14-17(29)21(33)24(36)22(34)18(14)30/h1-8H. The highest BCUT2D eigenvalue weighted by atomic mass is 19.2. The molecule has 14 heteroatoms. The van der Waals surface area contributed by atoms with Crippen molar-refractivity contribution in [1.29, 1.82) is 0 Å². The van der Waals surface area contributed by atoms with Crippen molar-refractivity contribution in [3.8, 4) is 0 Å². The molecule has 0 aliphatic carbocycles. The van der Waals surface area contributed by atoms with Crippen molar-refractivity contribution < 1.29 is 48.3 Å². The summed E-state index contributed by atoms with van der Waals surface area (Å²) in [5, 5.41) is 7.41. The predicted molar refractivity (Wildman–Crippen MR) is 114 cm³/mol. The normalized spacial score (nSPS) is 11.4. The maximum atomic E-state index is 14.9. The van der Waals surface area contributed by atoms with E-state index in [1.54, 1.807) is 0 Å². The molecule has 38 heavy (non-hydrogen) atoms. The second-order valence-corrected chi connectivity index (χ2v) is 7.64. The first-order chi connectivity index (χ1) is 18.0. The molecule has 2 nitrogen and oxygen atoms in total. The highest BCUT2D eigenvalue weighted by Crippen LogP contribution is 2.23. The molecule has 0 spiro atoms. The Kier molecular flexibility index (Phi) is 7.25. The van der Waals surface area contributed by atoms with Crippen LogP contribution in [-0.4, -0.2) is 6.71 Å². The summed E-state index contributed by atoms with van der Waals surface area (Å²) in [6, 6.07) is 8.39. The SMILES string of the molecule is Fc1ccc(N=Nc2ccccc2B(c2c(F)c(F)c(F)c(F)c2F)c2c(F)c(F)c(F)c(F)c2F)cc1. The number of hydrogen-bond acceptors (Lipinski definition) is 2. The zero-order valence-corrected chi connectivity index (χ0v) is 18.2. The third-order valence-electron chi connectivity index (χ3n) is 5.41. The average molecular weight is 544 g/mol. The van der Waals surface area contributed by atoms with E-state index in [2.05, 4.69) is 10.2 Å². The van der Waals surface area contributed by atoms with Crippen LogP contribution < -0.4 is 16.4 Å². The van der Waals surface area contributed by atoms with Gasteiger partial charge in [-0.3, -0.25) is 0 Å². The molecule has 0 saturated carbocycles. The Morgan fingerprint density at radius 1 is 0.421 bits per heavy atom.